The summed E-state index contributed by atoms with van der Waals surface area (Å²) >= 11 is 0. The van der Waals surface area contributed by atoms with E-state index >= 15 is 0 Å². The number of hydrogen-bond acceptors (Lipinski definition) is 2. The molecule has 0 atom stereocenters. The van der Waals surface area contributed by atoms with Gasteiger partial charge in [-0.05, 0) is 0 Å². The van der Waals surface area contributed by atoms with Gasteiger partial charge in [-0.25, -0.2) is 0 Å². The second kappa shape index (κ2) is 32.4. The first-order valence-electron chi connectivity index (χ1n) is 0. The Labute approximate surface area is 90.0 Å². The Balaban J connectivity index is 0. The van der Waals surface area contributed by atoms with Gasteiger partial charge < -0.3 is 16.4 Å². The Morgan fingerprint density at radius 3 is 0.800 bits per heavy atom. The van der Waals surface area contributed by atoms with E-state index in [1.807, 2.05) is 0 Å². The van der Waals surface area contributed by atoms with Gasteiger partial charge in [-0.1, -0.05) is 0 Å². The number of rotatable bonds is 0. The summed E-state index contributed by atoms with van der Waals surface area (Å²) in [5.74, 6) is 0. The maximum Gasteiger partial charge on any atom is -0.870 e. The predicted octanol–water partition coefficient (Wildman–Crippen LogP) is -2.48. The van der Waals surface area contributed by atoms with Gasteiger partial charge in [0.05, 0.1) is 0 Å². The second-order valence-electron chi connectivity index (χ2n) is 0. The molecule has 5 heteroatoms. The van der Waals surface area contributed by atoms with Crippen LogP contribution in [0.5, 0.6) is 0 Å². The van der Waals surface area contributed by atoms with Crippen molar-refractivity contribution < 1.29 is 16.4 Å². The van der Waals surface area contributed by atoms with Gasteiger partial charge in [0.2, 0.25) is 0 Å². The predicted molar refractivity (Wildman–Crippen MR) is 21.8 cm³/mol. The van der Waals surface area contributed by atoms with Crippen molar-refractivity contribution in [2.24, 2.45) is 0 Å². The third-order valence-corrected chi connectivity index (χ3v) is 0. The first kappa shape index (κ1) is 52.6. The summed E-state index contributed by atoms with van der Waals surface area (Å²) in [6, 6.07) is 0. The molecule has 0 rings (SSSR count). The third kappa shape index (κ3) is 21.5. The molecule has 0 heterocycles. The molecular weight excluding hydrogens is 128 g/mol. The molecule has 0 aromatic heterocycles. The Hall–Kier alpha value is 2.40. The summed E-state index contributed by atoms with van der Waals surface area (Å²) < 4.78 is 0. The van der Waals surface area contributed by atoms with E-state index in [0.717, 1.165) is 0 Å². The molecule has 0 aliphatic carbocycles. The third-order valence-electron chi connectivity index (χ3n) is 0. The minimum atomic E-state index is 0. The summed E-state index contributed by atoms with van der Waals surface area (Å²) in [7, 11) is 0. The Kier molecular flexibility index (Phi) is 341. The molecule has 0 fully saturated rings. The largest absolute Gasteiger partial charge is 0.870 e. The standard InChI is InChI=1S/2Ca.3H2O.2H/h;;3*1H2;;/q;+2;;;;;/p-2. The van der Waals surface area contributed by atoms with Crippen molar-refractivity contribution in [3.05, 3.63) is 0 Å². The molecule has 0 aliphatic rings. The summed E-state index contributed by atoms with van der Waals surface area (Å²) in [5.41, 5.74) is 0. The van der Waals surface area contributed by atoms with E-state index in [9.17, 15) is 0 Å². The first-order valence-corrected chi connectivity index (χ1v) is 0. The molecular formula is H6Ca2O3. The zero-order chi connectivity index (χ0) is 0. The van der Waals surface area contributed by atoms with Crippen LogP contribution in [-0.2, 0) is 0 Å². The topological polar surface area (TPSA) is 91.5 Å². The van der Waals surface area contributed by atoms with Crippen LogP contribution < -0.4 is 0 Å². The van der Waals surface area contributed by atoms with Gasteiger partial charge in [-0.2, -0.15) is 0 Å². The van der Waals surface area contributed by atoms with Gasteiger partial charge >= 0.3 is 75.5 Å². The van der Waals surface area contributed by atoms with E-state index in [1.165, 1.54) is 0 Å². The normalized spacial score (nSPS) is 0. The molecule has 0 amide bonds. The smallest absolute Gasteiger partial charge is 0.870 e. The molecule has 0 saturated heterocycles. The van der Waals surface area contributed by atoms with Crippen molar-refractivity contribution in [2.75, 3.05) is 0 Å². The SMILES string of the molecule is O.[Ca+2].[CaH2].[OH-].[OH-]. The van der Waals surface area contributed by atoms with E-state index in [0.29, 0.717) is 0 Å². The molecule has 0 bridgehead atoms. The minimum absolute atomic E-state index is 0. The monoisotopic (exact) mass is 134 g/mol. The molecule has 28 valence electrons. The molecule has 4 N–H and O–H groups in total. The number of hydrogen-bond donors (Lipinski definition) is 0. The Morgan fingerprint density at radius 2 is 0.800 bits per heavy atom. The van der Waals surface area contributed by atoms with Gasteiger partial charge in [0.1, 0.15) is 0 Å². The first-order chi connectivity index (χ1) is 0. The van der Waals surface area contributed by atoms with Crippen molar-refractivity contribution in [3.8, 4) is 0 Å². The van der Waals surface area contributed by atoms with Crippen LogP contribution in [0, 0.1) is 0 Å². The molecule has 0 aliphatic heterocycles. The zero-order valence-electron chi connectivity index (χ0n) is 2.10. The van der Waals surface area contributed by atoms with Crippen LogP contribution in [0.3, 0.4) is 0 Å². The molecule has 0 saturated carbocycles. The van der Waals surface area contributed by atoms with Crippen LogP contribution >= 0.6 is 0 Å². The average Bonchev–Trinajstić information content (AvgIpc) is 0. The summed E-state index contributed by atoms with van der Waals surface area (Å²) in [4.78, 5) is 0. The van der Waals surface area contributed by atoms with E-state index in [1.54, 1.807) is 0 Å². The van der Waals surface area contributed by atoms with E-state index in [2.05, 4.69) is 0 Å². The molecule has 0 aromatic rings. The van der Waals surface area contributed by atoms with Gasteiger partial charge in [0, 0.05) is 0 Å². The quantitative estimate of drug-likeness (QED) is 0.343. The van der Waals surface area contributed by atoms with Crippen molar-refractivity contribution in [2.45, 2.75) is 0 Å². The van der Waals surface area contributed by atoms with Gasteiger partial charge in [0.15, 0.2) is 0 Å². The van der Waals surface area contributed by atoms with E-state index < -0.39 is 0 Å². The fraction of sp³-hybridized carbons (Fsp3) is 0. The van der Waals surface area contributed by atoms with Crippen molar-refractivity contribution in [1.29, 1.82) is 0 Å². The molecule has 0 spiro atoms. The average molecular weight is 134 g/mol. The second-order valence-corrected chi connectivity index (χ2v) is 0. The van der Waals surface area contributed by atoms with Crippen LogP contribution in [0.4, 0.5) is 0 Å². The van der Waals surface area contributed by atoms with Gasteiger partial charge in [0.25, 0.3) is 0 Å². The summed E-state index contributed by atoms with van der Waals surface area (Å²) in [6.45, 7) is 0. The van der Waals surface area contributed by atoms with Crippen LogP contribution in [0.25, 0.3) is 0 Å². The maximum atomic E-state index is 0. The molecule has 0 radical (unpaired) electrons. The van der Waals surface area contributed by atoms with Crippen LogP contribution in [-0.4, -0.2) is 91.9 Å². The summed E-state index contributed by atoms with van der Waals surface area (Å²) in [5, 5.41) is 0. The van der Waals surface area contributed by atoms with E-state index in [-0.39, 0.29) is 91.9 Å². The van der Waals surface area contributed by atoms with Crippen LogP contribution in [0.15, 0.2) is 0 Å². The Morgan fingerprint density at radius 1 is 0.800 bits per heavy atom. The fourth-order valence-electron chi connectivity index (χ4n) is 0. The minimum Gasteiger partial charge on any atom is -0.870 e. The summed E-state index contributed by atoms with van der Waals surface area (Å²) in [6.07, 6.45) is 0. The van der Waals surface area contributed by atoms with E-state index in [4.69, 9.17) is 0 Å². The van der Waals surface area contributed by atoms with Crippen LogP contribution in [0.1, 0.15) is 0 Å². The van der Waals surface area contributed by atoms with Crippen molar-refractivity contribution in [1.82, 2.24) is 0 Å². The molecule has 0 unspecified atom stereocenters. The molecule has 5 heavy (non-hydrogen) atoms. The molecule has 3 nitrogen and oxygen atoms in total. The van der Waals surface area contributed by atoms with Gasteiger partial charge in [-0.3, -0.25) is 0 Å². The fourth-order valence-corrected chi connectivity index (χ4v) is 0. The maximum absolute atomic E-state index is 0. The molecule has 0 aromatic carbocycles. The Bertz CT molecular complexity index is 4.85. The van der Waals surface area contributed by atoms with Crippen molar-refractivity contribution in [3.63, 3.8) is 0 Å². The van der Waals surface area contributed by atoms with Gasteiger partial charge in [-0.15, -0.1) is 0 Å². The zero-order valence-corrected chi connectivity index (χ0v) is 4.31. The van der Waals surface area contributed by atoms with Crippen molar-refractivity contribution >= 4 is 75.5 Å². The van der Waals surface area contributed by atoms with Crippen LogP contribution in [0.2, 0.25) is 0 Å².